The number of nitrogens with one attached hydrogen (secondary N) is 2. The molecule has 4 nitrogen and oxygen atoms in total. The quantitative estimate of drug-likeness (QED) is 0.459. The number of hydrogen-bond donors (Lipinski definition) is 2. The summed E-state index contributed by atoms with van der Waals surface area (Å²) in [6.07, 6.45) is 0. The normalized spacial score (nSPS) is 10.4. The molecular weight excluding hydrogens is 392 g/mol. The van der Waals surface area contributed by atoms with Crippen molar-refractivity contribution in [1.29, 1.82) is 0 Å². The number of carbonyl (C=O) groups is 2. The second-order valence-electron chi connectivity index (χ2n) is 6.19. The van der Waals surface area contributed by atoms with Gasteiger partial charge in [-0.3, -0.25) is 20.4 Å². The molecule has 0 fully saturated rings. The number of halogens is 1. The summed E-state index contributed by atoms with van der Waals surface area (Å²) in [6, 6.07) is 22.0. The lowest BCUT2D eigenvalue weighted by atomic mass is 10.1. The van der Waals surface area contributed by atoms with E-state index in [2.05, 4.69) is 10.9 Å². The van der Waals surface area contributed by atoms with Crippen LogP contribution in [-0.4, -0.2) is 11.8 Å². The van der Waals surface area contributed by atoms with Crippen LogP contribution in [-0.2, 0) is 5.75 Å². The van der Waals surface area contributed by atoms with E-state index >= 15 is 0 Å². The maximum atomic E-state index is 12.6. The van der Waals surface area contributed by atoms with Crippen LogP contribution in [0, 0.1) is 6.92 Å². The van der Waals surface area contributed by atoms with Crippen molar-refractivity contribution in [1.82, 2.24) is 10.9 Å². The van der Waals surface area contributed by atoms with Crippen LogP contribution in [0.2, 0.25) is 5.02 Å². The number of amides is 2. The first kappa shape index (κ1) is 20.0. The van der Waals surface area contributed by atoms with Crippen molar-refractivity contribution in [2.45, 2.75) is 17.6 Å². The number of aryl methyl sites for hydroxylation is 1. The van der Waals surface area contributed by atoms with Crippen molar-refractivity contribution in [3.05, 3.63) is 100 Å². The van der Waals surface area contributed by atoms with Gasteiger partial charge in [-0.2, -0.15) is 0 Å². The highest BCUT2D eigenvalue weighted by Crippen LogP contribution is 2.26. The Bertz CT molecular complexity index is 973. The highest BCUT2D eigenvalue weighted by molar-refractivity contribution is 7.98. The molecule has 0 aliphatic heterocycles. The van der Waals surface area contributed by atoms with Crippen molar-refractivity contribution < 1.29 is 9.59 Å². The van der Waals surface area contributed by atoms with Gasteiger partial charge in [0.05, 0.1) is 5.56 Å². The molecule has 0 unspecified atom stereocenters. The zero-order chi connectivity index (χ0) is 19.9. The summed E-state index contributed by atoms with van der Waals surface area (Å²) in [6.45, 7) is 1.95. The zero-order valence-electron chi connectivity index (χ0n) is 15.2. The third kappa shape index (κ3) is 5.38. The van der Waals surface area contributed by atoms with Gasteiger partial charge in [0.15, 0.2) is 0 Å². The molecule has 6 heteroatoms. The van der Waals surface area contributed by atoms with Crippen molar-refractivity contribution in [3.8, 4) is 0 Å². The minimum atomic E-state index is -0.361. The molecule has 0 saturated heterocycles. The van der Waals surface area contributed by atoms with Crippen molar-refractivity contribution in [2.75, 3.05) is 0 Å². The average Bonchev–Trinajstić information content (AvgIpc) is 2.72. The van der Waals surface area contributed by atoms with Crippen LogP contribution in [0.4, 0.5) is 0 Å². The van der Waals surface area contributed by atoms with Gasteiger partial charge in [0, 0.05) is 21.2 Å². The van der Waals surface area contributed by atoms with E-state index in [-0.39, 0.29) is 11.8 Å². The summed E-state index contributed by atoms with van der Waals surface area (Å²) in [4.78, 5) is 25.6. The Morgan fingerprint density at radius 3 is 2.21 bits per heavy atom. The zero-order valence-corrected chi connectivity index (χ0v) is 16.8. The molecule has 0 bridgehead atoms. The van der Waals surface area contributed by atoms with Crippen LogP contribution >= 0.6 is 23.4 Å². The number of hydrazine groups is 1. The molecule has 3 aromatic rings. The lowest BCUT2D eigenvalue weighted by Gasteiger charge is -2.11. The van der Waals surface area contributed by atoms with Crippen LogP contribution in [0.15, 0.2) is 77.7 Å². The summed E-state index contributed by atoms with van der Waals surface area (Å²) in [5.74, 6) is -0.0173. The number of benzene rings is 3. The van der Waals surface area contributed by atoms with Gasteiger partial charge in [-0.05, 0) is 48.9 Å². The van der Waals surface area contributed by atoms with Gasteiger partial charge < -0.3 is 0 Å². The topological polar surface area (TPSA) is 58.2 Å². The third-order valence-corrected chi connectivity index (χ3v) is 5.44. The maximum absolute atomic E-state index is 12.6. The summed E-state index contributed by atoms with van der Waals surface area (Å²) in [5.41, 5.74) is 8.11. The smallest absolute Gasteiger partial charge is 0.267 e. The predicted molar refractivity (Wildman–Crippen MR) is 114 cm³/mol. The highest BCUT2D eigenvalue weighted by Gasteiger charge is 2.13. The predicted octanol–water partition coefficient (Wildman–Crippen LogP) is 5.02. The fourth-order valence-electron chi connectivity index (χ4n) is 2.48. The Hall–Kier alpha value is -2.76. The standard InChI is InChI=1S/C22H19ClN2O2S/c1-15-6-10-17(11-7-15)21(26)24-25-22(27)19-4-2-3-5-20(19)28-14-16-8-12-18(23)13-9-16/h2-13H,14H2,1H3,(H,24,26)(H,25,27). The van der Waals surface area contributed by atoms with Crippen LogP contribution in [0.5, 0.6) is 0 Å². The molecule has 0 spiro atoms. The highest BCUT2D eigenvalue weighted by atomic mass is 35.5. The van der Waals surface area contributed by atoms with Crippen LogP contribution in [0.25, 0.3) is 0 Å². The monoisotopic (exact) mass is 410 g/mol. The van der Waals surface area contributed by atoms with E-state index in [9.17, 15) is 9.59 Å². The molecule has 0 aliphatic carbocycles. The number of hydrogen-bond acceptors (Lipinski definition) is 3. The van der Waals surface area contributed by atoms with Gasteiger partial charge in [0.25, 0.3) is 11.8 Å². The van der Waals surface area contributed by atoms with Crippen molar-refractivity contribution in [2.24, 2.45) is 0 Å². The SMILES string of the molecule is Cc1ccc(C(=O)NNC(=O)c2ccccc2SCc2ccc(Cl)cc2)cc1. The number of carbonyl (C=O) groups excluding carboxylic acids is 2. The lowest BCUT2D eigenvalue weighted by Crippen LogP contribution is -2.41. The minimum absolute atomic E-state index is 0.361. The average molecular weight is 411 g/mol. The summed E-state index contributed by atoms with van der Waals surface area (Å²) in [7, 11) is 0. The van der Waals surface area contributed by atoms with Crippen molar-refractivity contribution in [3.63, 3.8) is 0 Å². The molecule has 28 heavy (non-hydrogen) atoms. The molecular formula is C22H19ClN2O2S. The molecule has 0 aliphatic rings. The molecule has 0 atom stereocenters. The molecule has 2 amide bonds. The Labute approximate surface area is 173 Å². The summed E-state index contributed by atoms with van der Waals surface area (Å²) >= 11 is 7.46. The van der Waals surface area contributed by atoms with Crippen molar-refractivity contribution >= 4 is 35.2 Å². The van der Waals surface area contributed by atoms with Gasteiger partial charge in [-0.1, -0.05) is 53.6 Å². The second kappa shape index (κ2) is 9.44. The second-order valence-corrected chi connectivity index (χ2v) is 7.64. The van der Waals surface area contributed by atoms with Gasteiger partial charge in [-0.15, -0.1) is 11.8 Å². The fraction of sp³-hybridized carbons (Fsp3) is 0.0909. The lowest BCUT2D eigenvalue weighted by molar-refractivity contribution is 0.0845. The molecule has 0 radical (unpaired) electrons. The Morgan fingerprint density at radius 1 is 0.857 bits per heavy atom. The first-order chi connectivity index (χ1) is 13.5. The van der Waals surface area contributed by atoms with Gasteiger partial charge >= 0.3 is 0 Å². The van der Waals surface area contributed by atoms with E-state index in [1.165, 1.54) is 0 Å². The molecule has 0 heterocycles. The fourth-order valence-corrected chi connectivity index (χ4v) is 3.61. The number of thioether (sulfide) groups is 1. The van der Waals surface area contributed by atoms with Crippen LogP contribution in [0.1, 0.15) is 31.8 Å². The largest absolute Gasteiger partial charge is 0.270 e. The van der Waals surface area contributed by atoms with Gasteiger partial charge in [-0.25, -0.2) is 0 Å². The van der Waals surface area contributed by atoms with E-state index in [1.54, 1.807) is 36.0 Å². The molecule has 2 N–H and O–H groups in total. The molecule has 3 rings (SSSR count). The summed E-state index contributed by atoms with van der Waals surface area (Å²) in [5, 5.41) is 0.692. The van der Waals surface area contributed by atoms with Gasteiger partial charge in [0.2, 0.25) is 0 Å². The molecule has 0 aromatic heterocycles. The number of rotatable bonds is 5. The van der Waals surface area contributed by atoms with E-state index in [0.29, 0.717) is 21.9 Å². The van der Waals surface area contributed by atoms with E-state index in [1.807, 2.05) is 55.5 Å². The Balaban J connectivity index is 1.62. The first-order valence-electron chi connectivity index (χ1n) is 8.66. The Morgan fingerprint density at radius 2 is 1.50 bits per heavy atom. The van der Waals surface area contributed by atoms with E-state index in [0.717, 1.165) is 16.0 Å². The maximum Gasteiger partial charge on any atom is 0.270 e. The third-order valence-electron chi connectivity index (χ3n) is 4.04. The first-order valence-corrected chi connectivity index (χ1v) is 10.0. The van der Waals surface area contributed by atoms with Crippen LogP contribution < -0.4 is 10.9 Å². The summed E-state index contributed by atoms with van der Waals surface area (Å²) < 4.78 is 0. The minimum Gasteiger partial charge on any atom is -0.267 e. The molecule has 0 saturated carbocycles. The molecule has 142 valence electrons. The van der Waals surface area contributed by atoms with Crippen LogP contribution in [0.3, 0.4) is 0 Å². The van der Waals surface area contributed by atoms with E-state index < -0.39 is 0 Å². The molecule has 3 aromatic carbocycles. The Kier molecular flexibility index (Phi) is 6.74. The van der Waals surface area contributed by atoms with E-state index in [4.69, 9.17) is 11.6 Å². The van der Waals surface area contributed by atoms with Gasteiger partial charge in [0.1, 0.15) is 0 Å².